The van der Waals surface area contributed by atoms with E-state index in [1.807, 2.05) is 30.1 Å². The van der Waals surface area contributed by atoms with Crippen LogP contribution in [0.4, 0.5) is 11.6 Å². The van der Waals surface area contributed by atoms with Crippen LogP contribution in [0.5, 0.6) is 0 Å². The minimum absolute atomic E-state index is 0.449. The first-order chi connectivity index (χ1) is 8.68. The number of nitrogen functional groups attached to an aromatic ring is 1. The van der Waals surface area contributed by atoms with Gasteiger partial charge in [-0.15, -0.1) is 0 Å². The van der Waals surface area contributed by atoms with Gasteiger partial charge >= 0.3 is 0 Å². The van der Waals surface area contributed by atoms with E-state index in [9.17, 15) is 0 Å². The first-order valence-electron chi connectivity index (χ1n) is 5.55. The standard InChI is InChI=1S/C12H14BrN5/c1-18(7-5-9-4-2-3-6-15-9)12-10(13)11(14)16-8-17-12/h2-4,6,8H,5,7H2,1H3,(H2,14,16,17). The Balaban J connectivity index is 2.04. The molecule has 0 spiro atoms. The average molecular weight is 308 g/mol. The van der Waals surface area contributed by atoms with Gasteiger partial charge in [0.25, 0.3) is 0 Å². The Hall–Kier alpha value is -1.69. The molecule has 6 heteroatoms. The molecular weight excluding hydrogens is 294 g/mol. The average Bonchev–Trinajstić information content (AvgIpc) is 2.40. The van der Waals surface area contributed by atoms with Crippen molar-refractivity contribution < 1.29 is 0 Å². The van der Waals surface area contributed by atoms with Crippen molar-refractivity contribution in [1.29, 1.82) is 0 Å². The van der Waals surface area contributed by atoms with Crippen LogP contribution in [0.3, 0.4) is 0 Å². The SMILES string of the molecule is CN(CCc1ccccn1)c1ncnc(N)c1Br. The molecule has 0 aromatic carbocycles. The normalized spacial score (nSPS) is 10.3. The second-order valence-electron chi connectivity index (χ2n) is 3.89. The van der Waals surface area contributed by atoms with E-state index in [0.29, 0.717) is 5.82 Å². The van der Waals surface area contributed by atoms with Crippen LogP contribution in [0, 0.1) is 0 Å². The second kappa shape index (κ2) is 5.77. The van der Waals surface area contributed by atoms with E-state index in [4.69, 9.17) is 5.73 Å². The zero-order valence-electron chi connectivity index (χ0n) is 10.0. The Labute approximate surface area is 114 Å². The molecule has 0 unspecified atom stereocenters. The zero-order chi connectivity index (χ0) is 13.0. The van der Waals surface area contributed by atoms with Gasteiger partial charge in [0.05, 0.1) is 0 Å². The lowest BCUT2D eigenvalue weighted by atomic mass is 10.2. The molecule has 0 atom stereocenters. The van der Waals surface area contributed by atoms with Gasteiger partial charge in [-0.2, -0.15) is 0 Å². The molecule has 0 saturated heterocycles. The van der Waals surface area contributed by atoms with Crippen LogP contribution in [0.15, 0.2) is 35.2 Å². The number of hydrogen-bond acceptors (Lipinski definition) is 5. The van der Waals surface area contributed by atoms with Crippen LogP contribution in [0.2, 0.25) is 0 Å². The van der Waals surface area contributed by atoms with E-state index in [2.05, 4.69) is 30.9 Å². The third-order valence-electron chi connectivity index (χ3n) is 2.59. The number of likely N-dealkylation sites (N-methyl/N-ethyl adjacent to an activating group) is 1. The number of pyridine rings is 1. The van der Waals surface area contributed by atoms with Gasteiger partial charge in [-0.1, -0.05) is 6.07 Å². The van der Waals surface area contributed by atoms with Gasteiger partial charge in [0, 0.05) is 31.9 Å². The molecule has 0 radical (unpaired) electrons. The molecular formula is C12H14BrN5. The summed E-state index contributed by atoms with van der Waals surface area (Å²) in [6.45, 7) is 0.812. The van der Waals surface area contributed by atoms with Crippen LogP contribution in [0.25, 0.3) is 0 Å². The van der Waals surface area contributed by atoms with E-state index in [-0.39, 0.29) is 0 Å². The molecule has 0 saturated carbocycles. The maximum absolute atomic E-state index is 5.73. The fourth-order valence-electron chi connectivity index (χ4n) is 1.57. The third-order valence-corrected chi connectivity index (χ3v) is 3.35. The van der Waals surface area contributed by atoms with Crippen molar-refractivity contribution in [3.05, 3.63) is 40.9 Å². The van der Waals surface area contributed by atoms with Crippen LogP contribution >= 0.6 is 15.9 Å². The summed E-state index contributed by atoms with van der Waals surface area (Å²) in [7, 11) is 1.97. The van der Waals surface area contributed by atoms with Crippen molar-refractivity contribution in [3.63, 3.8) is 0 Å². The number of hydrogen-bond donors (Lipinski definition) is 1. The highest BCUT2D eigenvalue weighted by Crippen LogP contribution is 2.26. The Kier molecular flexibility index (Phi) is 4.09. The second-order valence-corrected chi connectivity index (χ2v) is 4.68. The quantitative estimate of drug-likeness (QED) is 0.934. The molecule has 5 nitrogen and oxygen atoms in total. The van der Waals surface area contributed by atoms with Crippen molar-refractivity contribution in [2.45, 2.75) is 6.42 Å². The van der Waals surface area contributed by atoms with Gasteiger partial charge in [-0.25, -0.2) is 9.97 Å². The lowest BCUT2D eigenvalue weighted by Crippen LogP contribution is -2.22. The maximum Gasteiger partial charge on any atom is 0.148 e. The van der Waals surface area contributed by atoms with Crippen LogP contribution in [-0.4, -0.2) is 28.5 Å². The summed E-state index contributed by atoms with van der Waals surface area (Å²) in [6, 6.07) is 5.91. The third kappa shape index (κ3) is 2.95. The molecule has 0 aliphatic heterocycles. The number of anilines is 2. The topological polar surface area (TPSA) is 67.9 Å². The Morgan fingerprint density at radius 2 is 2.11 bits per heavy atom. The summed E-state index contributed by atoms with van der Waals surface area (Å²) in [5.74, 6) is 1.24. The fraction of sp³-hybridized carbons (Fsp3) is 0.250. The fourth-order valence-corrected chi connectivity index (χ4v) is 2.08. The van der Waals surface area contributed by atoms with Crippen molar-refractivity contribution in [1.82, 2.24) is 15.0 Å². The molecule has 0 amide bonds. The molecule has 0 fully saturated rings. The summed E-state index contributed by atoms with van der Waals surface area (Å²) in [6.07, 6.45) is 4.12. The van der Waals surface area contributed by atoms with Crippen LogP contribution in [-0.2, 0) is 6.42 Å². The number of nitrogens with zero attached hydrogens (tertiary/aromatic N) is 4. The molecule has 18 heavy (non-hydrogen) atoms. The van der Waals surface area contributed by atoms with Gasteiger partial charge in [-0.05, 0) is 28.1 Å². The molecule has 0 bridgehead atoms. The maximum atomic E-state index is 5.73. The Morgan fingerprint density at radius 1 is 1.28 bits per heavy atom. The number of nitrogens with two attached hydrogens (primary N) is 1. The van der Waals surface area contributed by atoms with Crippen LogP contribution in [0.1, 0.15) is 5.69 Å². The minimum atomic E-state index is 0.449. The highest BCUT2D eigenvalue weighted by atomic mass is 79.9. The minimum Gasteiger partial charge on any atom is -0.383 e. The van der Waals surface area contributed by atoms with Gasteiger partial charge < -0.3 is 10.6 Å². The largest absolute Gasteiger partial charge is 0.383 e. The molecule has 0 aliphatic carbocycles. The predicted octanol–water partition coefficient (Wildman–Crippen LogP) is 1.90. The van der Waals surface area contributed by atoms with E-state index < -0.39 is 0 Å². The Morgan fingerprint density at radius 3 is 2.83 bits per heavy atom. The van der Waals surface area contributed by atoms with E-state index in [1.54, 1.807) is 6.20 Å². The van der Waals surface area contributed by atoms with Gasteiger partial charge in [0.15, 0.2) is 0 Å². The van der Waals surface area contributed by atoms with E-state index in [1.165, 1.54) is 6.33 Å². The first kappa shape index (κ1) is 12.8. The molecule has 2 N–H and O–H groups in total. The molecule has 2 rings (SSSR count). The Bertz CT molecular complexity index is 517. The highest BCUT2D eigenvalue weighted by molar-refractivity contribution is 9.10. The zero-order valence-corrected chi connectivity index (χ0v) is 11.6. The van der Waals surface area contributed by atoms with Gasteiger partial charge in [0.2, 0.25) is 0 Å². The summed E-state index contributed by atoms with van der Waals surface area (Å²) in [5.41, 5.74) is 6.79. The van der Waals surface area contributed by atoms with Crippen molar-refractivity contribution in [3.8, 4) is 0 Å². The van der Waals surface area contributed by atoms with Crippen LogP contribution < -0.4 is 10.6 Å². The lowest BCUT2D eigenvalue weighted by molar-refractivity contribution is 0.834. The van der Waals surface area contributed by atoms with Crippen molar-refractivity contribution in [2.24, 2.45) is 0 Å². The number of rotatable bonds is 4. The molecule has 94 valence electrons. The van der Waals surface area contributed by atoms with Crippen molar-refractivity contribution >= 4 is 27.6 Å². The van der Waals surface area contributed by atoms with E-state index >= 15 is 0 Å². The number of aromatic nitrogens is 3. The molecule has 2 heterocycles. The smallest absolute Gasteiger partial charge is 0.148 e. The predicted molar refractivity (Wildman–Crippen MR) is 75.4 cm³/mol. The molecule has 2 aromatic rings. The summed E-state index contributed by atoms with van der Waals surface area (Å²) in [5, 5.41) is 0. The molecule has 0 aliphatic rings. The van der Waals surface area contributed by atoms with E-state index in [0.717, 1.165) is 29.0 Å². The lowest BCUT2D eigenvalue weighted by Gasteiger charge is -2.19. The summed E-state index contributed by atoms with van der Waals surface area (Å²) < 4.78 is 0.730. The van der Waals surface area contributed by atoms with Gasteiger partial charge in [0.1, 0.15) is 22.4 Å². The highest BCUT2D eigenvalue weighted by Gasteiger charge is 2.10. The van der Waals surface area contributed by atoms with Crippen molar-refractivity contribution in [2.75, 3.05) is 24.2 Å². The first-order valence-corrected chi connectivity index (χ1v) is 6.35. The summed E-state index contributed by atoms with van der Waals surface area (Å²) in [4.78, 5) is 14.5. The molecule has 2 aromatic heterocycles. The van der Waals surface area contributed by atoms with Gasteiger partial charge in [-0.3, -0.25) is 4.98 Å². The monoisotopic (exact) mass is 307 g/mol. The number of halogens is 1. The summed E-state index contributed by atoms with van der Waals surface area (Å²) >= 11 is 3.40.